The van der Waals surface area contributed by atoms with E-state index in [9.17, 15) is 12.8 Å². The summed E-state index contributed by atoms with van der Waals surface area (Å²) in [6.07, 6.45) is 0. The van der Waals surface area contributed by atoms with Gasteiger partial charge in [0.15, 0.2) is 0 Å². The summed E-state index contributed by atoms with van der Waals surface area (Å²) in [6, 6.07) is 4.39. The maximum Gasteiger partial charge on any atom is 0.214 e. The first-order valence-electron chi connectivity index (χ1n) is 5.82. The molecular formula is C12H18BrFN2O2S. The topological polar surface area (TPSA) is 49.4 Å². The van der Waals surface area contributed by atoms with Crippen LogP contribution in [-0.4, -0.2) is 39.1 Å². The van der Waals surface area contributed by atoms with Gasteiger partial charge >= 0.3 is 0 Å². The summed E-state index contributed by atoms with van der Waals surface area (Å²) in [7, 11) is -0.175. The smallest absolute Gasteiger partial charge is 0.214 e. The summed E-state index contributed by atoms with van der Waals surface area (Å²) in [5, 5.41) is 3.11. The summed E-state index contributed by atoms with van der Waals surface area (Å²) in [5.41, 5.74) is 0.892. The number of benzene rings is 1. The maximum atomic E-state index is 13.0. The Kier molecular flexibility index (Phi) is 5.91. The van der Waals surface area contributed by atoms with Gasteiger partial charge in [0.2, 0.25) is 10.0 Å². The number of sulfonamides is 1. The van der Waals surface area contributed by atoms with Gasteiger partial charge < -0.3 is 5.32 Å². The summed E-state index contributed by atoms with van der Waals surface area (Å²) < 4.78 is 38.0. The minimum atomic E-state index is -3.19. The zero-order valence-electron chi connectivity index (χ0n) is 11.2. The van der Waals surface area contributed by atoms with Crippen molar-refractivity contribution < 1.29 is 12.8 Å². The molecule has 1 unspecified atom stereocenters. The minimum Gasteiger partial charge on any atom is -0.309 e. The molecule has 19 heavy (non-hydrogen) atoms. The highest BCUT2D eigenvalue weighted by Gasteiger charge is 2.15. The SMILES string of the molecule is CC(NCCS(=O)(=O)N(C)C)c1ccc(F)cc1Br. The second kappa shape index (κ2) is 6.78. The monoisotopic (exact) mass is 352 g/mol. The van der Waals surface area contributed by atoms with Crippen LogP contribution in [0.4, 0.5) is 4.39 Å². The van der Waals surface area contributed by atoms with Gasteiger partial charge in [-0.2, -0.15) is 0 Å². The van der Waals surface area contributed by atoms with E-state index in [1.165, 1.54) is 30.5 Å². The van der Waals surface area contributed by atoms with Gasteiger partial charge in [-0.25, -0.2) is 17.1 Å². The molecule has 0 aliphatic heterocycles. The van der Waals surface area contributed by atoms with Crippen LogP contribution in [0.2, 0.25) is 0 Å². The normalized spacial score (nSPS) is 13.8. The summed E-state index contributed by atoms with van der Waals surface area (Å²) in [4.78, 5) is 0. The van der Waals surface area contributed by atoms with Crippen LogP contribution in [-0.2, 0) is 10.0 Å². The van der Waals surface area contributed by atoms with Crippen LogP contribution >= 0.6 is 15.9 Å². The average molecular weight is 353 g/mol. The predicted octanol–water partition coefficient (Wildman–Crippen LogP) is 2.13. The molecule has 0 spiro atoms. The molecule has 0 aliphatic rings. The van der Waals surface area contributed by atoms with E-state index in [0.29, 0.717) is 11.0 Å². The fourth-order valence-corrected chi connectivity index (χ4v) is 2.98. The Balaban J connectivity index is 2.59. The van der Waals surface area contributed by atoms with E-state index in [2.05, 4.69) is 21.2 Å². The molecule has 1 rings (SSSR count). The van der Waals surface area contributed by atoms with Crippen molar-refractivity contribution in [2.45, 2.75) is 13.0 Å². The van der Waals surface area contributed by atoms with Crippen molar-refractivity contribution in [3.8, 4) is 0 Å². The molecule has 1 atom stereocenters. The van der Waals surface area contributed by atoms with Crippen LogP contribution in [0.5, 0.6) is 0 Å². The third-order valence-corrected chi connectivity index (χ3v) is 5.32. The molecule has 0 aromatic heterocycles. The molecule has 0 aliphatic carbocycles. The molecule has 0 radical (unpaired) electrons. The Morgan fingerprint density at radius 2 is 2.05 bits per heavy atom. The van der Waals surface area contributed by atoms with E-state index < -0.39 is 10.0 Å². The summed E-state index contributed by atoms with van der Waals surface area (Å²) >= 11 is 3.30. The lowest BCUT2D eigenvalue weighted by Gasteiger charge is -2.17. The van der Waals surface area contributed by atoms with Gasteiger partial charge in [-0.05, 0) is 24.6 Å². The Morgan fingerprint density at radius 1 is 1.42 bits per heavy atom. The third-order valence-electron chi connectivity index (χ3n) is 2.80. The van der Waals surface area contributed by atoms with Crippen LogP contribution in [0.15, 0.2) is 22.7 Å². The van der Waals surface area contributed by atoms with Gasteiger partial charge in [0.1, 0.15) is 5.82 Å². The molecule has 1 aromatic carbocycles. The lowest BCUT2D eigenvalue weighted by Crippen LogP contribution is -2.32. The first-order chi connectivity index (χ1) is 8.74. The van der Waals surface area contributed by atoms with E-state index in [1.807, 2.05) is 6.92 Å². The van der Waals surface area contributed by atoms with E-state index >= 15 is 0 Å². The first kappa shape index (κ1) is 16.6. The van der Waals surface area contributed by atoms with E-state index in [-0.39, 0.29) is 17.6 Å². The van der Waals surface area contributed by atoms with E-state index in [1.54, 1.807) is 6.07 Å². The van der Waals surface area contributed by atoms with Crippen molar-refractivity contribution in [2.75, 3.05) is 26.4 Å². The van der Waals surface area contributed by atoms with E-state index in [4.69, 9.17) is 0 Å². The fraction of sp³-hybridized carbons (Fsp3) is 0.500. The number of nitrogens with zero attached hydrogens (tertiary/aromatic N) is 1. The van der Waals surface area contributed by atoms with Gasteiger partial charge in [-0.15, -0.1) is 0 Å². The van der Waals surface area contributed by atoms with Crippen LogP contribution < -0.4 is 5.32 Å². The van der Waals surface area contributed by atoms with Crippen LogP contribution in [0, 0.1) is 5.82 Å². The molecule has 0 amide bonds. The maximum absolute atomic E-state index is 13.0. The lowest BCUT2D eigenvalue weighted by molar-refractivity contribution is 0.512. The number of hydrogen-bond donors (Lipinski definition) is 1. The second-order valence-electron chi connectivity index (χ2n) is 4.44. The highest BCUT2D eigenvalue weighted by atomic mass is 79.9. The van der Waals surface area contributed by atoms with Crippen molar-refractivity contribution >= 4 is 26.0 Å². The minimum absolute atomic E-state index is 0.0309. The van der Waals surface area contributed by atoms with Gasteiger partial charge in [0.05, 0.1) is 5.75 Å². The van der Waals surface area contributed by atoms with Crippen molar-refractivity contribution in [1.82, 2.24) is 9.62 Å². The Labute approximate surface area is 122 Å². The lowest BCUT2D eigenvalue weighted by atomic mass is 10.1. The van der Waals surface area contributed by atoms with Gasteiger partial charge in [0, 0.05) is 31.2 Å². The molecule has 1 aromatic rings. The quantitative estimate of drug-likeness (QED) is 0.853. The number of hydrogen-bond acceptors (Lipinski definition) is 3. The number of nitrogens with one attached hydrogen (secondary N) is 1. The molecule has 0 heterocycles. The third kappa shape index (κ3) is 4.83. The van der Waals surface area contributed by atoms with Gasteiger partial charge in [-0.3, -0.25) is 0 Å². The van der Waals surface area contributed by atoms with Crippen molar-refractivity contribution in [3.05, 3.63) is 34.1 Å². The zero-order chi connectivity index (χ0) is 14.6. The van der Waals surface area contributed by atoms with E-state index in [0.717, 1.165) is 5.56 Å². The predicted molar refractivity (Wildman–Crippen MR) is 78.0 cm³/mol. The van der Waals surface area contributed by atoms with Crippen LogP contribution in [0.1, 0.15) is 18.5 Å². The van der Waals surface area contributed by atoms with Crippen molar-refractivity contribution in [3.63, 3.8) is 0 Å². The van der Waals surface area contributed by atoms with Crippen molar-refractivity contribution in [2.24, 2.45) is 0 Å². The first-order valence-corrected chi connectivity index (χ1v) is 8.23. The standard InChI is InChI=1S/C12H18BrFN2O2S/c1-9(11-5-4-10(14)8-12(11)13)15-6-7-19(17,18)16(2)3/h4-5,8-9,15H,6-7H2,1-3H3. The second-order valence-corrected chi connectivity index (χ2v) is 7.60. The summed E-state index contributed by atoms with van der Waals surface area (Å²) in [5.74, 6) is -0.276. The Morgan fingerprint density at radius 3 is 2.58 bits per heavy atom. The van der Waals surface area contributed by atoms with Crippen LogP contribution in [0.3, 0.4) is 0 Å². The molecule has 0 bridgehead atoms. The molecule has 108 valence electrons. The Bertz CT molecular complexity index is 535. The highest BCUT2D eigenvalue weighted by molar-refractivity contribution is 9.10. The van der Waals surface area contributed by atoms with Crippen LogP contribution in [0.25, 0.3) is 0 Å². The summed E-state index contributed by atoms with van der Waals surface area (Å²) in [6.45, 7) is 2.24. The molecule has 0 saturated heterocycles. The fourth-order valence-electron chi connectivity index (χ4n) is 1.55. The average Bonchev–Trinajstić information content (AvgIpc) is 2.28. The zero-order valence-corrected chi connectivity index (χ0v) is 13.6. The molecule has 7 heteroatoms. The molecule has 0 saturated carbocycles. The molecule has 1 N–H and O–H groups in total. The highest BCUT2D eigenvalue weighted by Crippen LogP contribution is 2.23. The largest absolute Gasteiger partial charge is 0.309 e. The Hall–Kier alpha value is -0.500. The molecular weight excluding hydrogens is 335 g/mol. The van der Waals surface area contributed by atoms with Crippen molar-refractivity contribution in [1.29, 1.82) is 0 Å². The molecule has 4 nitrogen and oxygen atoms in total. The number of rotatable bonds is 6. The van der Waals surface area contributed by atoms with Gasteiger partial charge in [-0.1, -0.05) is 22.0 Å². The van der Waals surface area contributed by atoms with Gasteiger partial charge in [0.25, 0.3) is 0 Å². The molecule has 0 fully saturated rings. The number of halogens is 2.